The van der Waals surface area contributed by atoms with Crippen LogP contribution in [0.3, 0.4) is 0 Å². The second-order valence-corrected chi connectivity index (χ2v) is 7.91. The number of fused-ring (bicyclic) bond motifs is 1. The molecular formula is C20H25F2N7O3. The number of esters is 1. The third-order valence-electron chi connectivity index (χ3n) is 5.88. The molecule has 3 heterocycles. The fourth-order valence-corrected chi connectivity index (χ4v) is 4.14. The Bertz CT molecular complexity index is 1110. The lowest BCUT2D eigenvalue weighted by molar-refractivity contribution is -0.170. The lowest BCUT2D eigenvalue weighted by atomic mass is 9.78. The molecule has 32 heavy (non-hydrogen) atoms. The van der Waals surface area contributed by atoms with Crippen LogP contribution in [-0.2, 0) is 20.8 Å². The first-order chi connectivity index (χ1) is 15.3. The molecule has 0 aromatic carbocycles. The van der Waals surface area contributed by atoms with Gasteiger partial charge in [-0.15, -0.1) is 0 Å². The first kappa shape index (κ1) is 22.1. The molecule has 172 valence electrons. The van der Waals surface area contributed by atoms with Crippen LogP contribution in [0.5, 0.6) is 0 Å². The summed E-state index contributed by atoms with van der Waals surface area (Å²) in [4.78, 5) is 21.5. The normalized spacial score (nSPS) is 21.2. The molecule has 0 bridgehead atoms. The monoisotopic (exact) mass is 449 g/mol. The zero-order chi connectivity index (χ0) is 22.9. The Morgan fingerprint density at radius 1 is 1.34 bits per heavy atom. The number of hydrogen-bond donors (Lipinski definition) is 2. The highest BCUT2D eigenvalue weighted by Crippen LogP contribution is 2.40. The van der Waals surface area contributed by atoms with Gasteiger partial charge >= 0.3 is 5.97 Å². The van der Waals surface area contributed by atoms with Crippen molar-refractivity contribution in [3.63, 3.8) is 0 Å². The zero-order valence-corrected chi connectivity index (χ0v) is 18.1. The van der Waals surface area contributed by atoms with E-state index in [1.54, 1.807) is 6.07 Å². The highest BCUT2D eigenvalue weighted by Gasteiger charge is 2.44. The van der Waals surface area contributed by atoms with Crippen molar-refractivity contribution in [2.45, 2.75) is 57.1 Å². The fraction of sp³-hybridized carbons (Fsp3) is 0.550. The summed E-state index contributed by atoms with van der Waals surface area (Å²) in [7, 11) is 2.84. The van der Waals surface area contributed by atoms with E-state index < -0.39 is 24.5 Å². The number of ether oxygens (including phenoxy) is 2. The van der Waals surface area contributed by atoms with Crippen molar-refractivity contribution in [3.05, 3.63) is 23.8 Å². The Labute approximate surface area is 182 Å². The largest absolute Gasteiger partial charge is 0.467 e. The molecule has 2 N–H and O–H groups in total. The van der Waals surface area contributed by atoms with Gasteiger partial charge < -0.3 is 14.8 Å². The second-order valence-electron chi connectivity index (χ2n) is 7.91. The van der Waals surface area contributed by atoms with E-state index in [0.717, 1.165) is 5.69 Å². The van der Waals surface area contributed by atoms with E-state index in [1.807, 2.05) is 6.92 Å². The van der Waals surface area contributed by atoms with E-state index in [0.29, 0.717) is 54.2 Å². The highest BCUT2D eigenvalue weighted by atomic mass is 19.3. The molecule has 0 spiro atoms. The Morgan fingerprint density at radius 2 is 2.09 bits per heavy atom. The number of nitrogens with one attached hydrogen (secondary N) is 2. The summed E-state index contributed by atoms with van der Waals surface area (Å²) >= 11 is 0. The Kier molecular flexibility index (Phi) is 6.04. The van der Waals surface area contributed by atoms with Gasteiger partial charge in [-0.1, -0.05) is 0 Å². The summed E-state index contributed by atoms with van der Waals surface area (Å²) in [5, 5.41) is 14.7. The Hall–Kier alpha value is -3.15. The van der Waals surface area contributed by atoms with Crippen LogP contribution in [0.15, 0.2) is 12.3 Å². The minimum Gasteiger partial charge on any atom is -0.467 e. The number of halogens is 2. The van der Waals surface area contributed by atoms with Crippen molar-refractivity contribution in [3.8, 4) is 0 Å². The number of hydrogen-bond acceptors (Lipinski definition) is 8. The molecule has 12 heteroatoms. The van der Waals surface area contributed by atoms with Crippen LogP contribution < -0.4 is 5.32 Å². The van der Waals surface area contributed by atoms with Gasteiger partial charge in [0.25, 0.3) is 6.43 Å². The Morgan fingerprint density at radius 3 is 2.69 bits per heavy atom. The number of methoxy groups -OCH3 is 2. The number of nitrogens with zero attached hydrogens (tertiary/aromatic N) is 5. The minimum atomic E-state index is -2.57. The summed E-state index contributed by atoms with van der Waals surface area (Å²) in [5.74, 6) is 0.999. The molecule has 1 saturated carbocycles. The molecule has 0 amide bonds. The van der Waals surface area contributed by atoms with E-state index in [2.05, 4.69) is 30.6 Å². The number of carbonyl (C=O) groups excluding carboxylic acids is 1. The van der Waals surface area contributed by atoms with Gasteiger partial charge in [-0.25, -0.2) is 28.2 Å². The first-order valence-electron chi connectivity index (χ1n) is 10.3. The maximum atomic E-state index is 13.1. The average molecular weight is 449 g/mol. The number of carbonyl (C=O) groups is 1. The van der Waals surface area contributed by atoms with Crippen molar-refractivity contribution in [1.82, 2.24) is 29.9 Å². The lowest BCUT2D eigenvalue weighted by Crippen LogP contribution is -2.44. The van der Waals surface area contributed by atoms with E-state index in [1.165, 1.54) is 25.1 Å². The minimum absolute atomic E-state index is 0.0799. The van der Waals surface area contributed by atoms with E-state index in [-0.39, 0.29) is 5.92 Å². The third-order valence-corrected chi connectivity index (χ3v) is 5.88. The Balaban J connectivity index is 1.68. The molecule has 10 nitrogen and oxygen atoms in total. The molecule has 3 aromatic heterocycles. The van der Waals surface area contributed by atoms with Crippen LogP contribution in [0.25, 0.3) is 11.0 Å². The van der Waals surface area contributed by atoms with Crippen LogP contribution >= 0.6 is 0 Å². The summed E-state index contributed by atoms with van der Waals surface area (Å²) in [6, 6.07) is 1.81. The number of aromatic amines is 1. The number of aromatic nitrogens is 6. The maximum Gasteiger partial charge on any atom is 0.338 e. The van der Waals surface area contributed by atoms with Crippen LogP contribution in [-0.4, -0.2) is 62.2 Å². The van der Waals surface area contributed by atoms with Gasteiger partial charge in [0.1, 0.15) is 18.2 Å². The molecule has 0 saturated heterocycles. The molecule has 3 aromatic rings. The van der Waals surface area contributed by atoms with Gasteiger partial charge in [0.2, 0.25) is 0 Å². The van der Waals surface area contributed by atoms with Crippen LogP contribution in [0.4, 0.5) is 20.4 Å². The van der Waals surface area contributed by atoms with Crippen molar-refractivity contribution >= 4 is 28.6 Å². The van der Waals surface area contributed by atoms with Gasteiger partial charge in [-0.3, -0.25) is 5.10 Å². The molecule has 1 fully saturated rings. The maximum absolute atomic E-state index is 13.1. The number of alkyl halides is 2. The van der Waals surface area contributed by atoms with Gasteiger partial charge in [-0.05, 0) is 32.6 Å². The second kappa shape index (κ2) is 8.77. The number of rotatable bonds is 7. The predicted molar refractivity (Wildman–Crippen MR) is 111 cm³/mol. The van der Waals surface area contributed by atoms with Crippen molar-refractivity contribution in [1.29, 1.82) is 0 Å². The van der Waals surface area contributed by atoms with Gasteiger partial charge in [-0.2, -0.15) is 10.2 Å². The number of anilines is 2. The van der Waals surface area contributed by atoms with Crippen molar-refractivity contribution in [2.24, 2.45) is 0 Å². The third kappa shape index (κ3) is 4.14. The SMILES string of the molecule is COC(=O)C1(OC)CCC(c2nc(Nc3cc(C)[nH]n3)c3cnn(CC(F)F)c3n2)CC1. The molecule has 0 atom stereocenters. The predicted octanol–water partition coefficient (Wildman–Crippen LogP) is 3.08. The quantitative estimate of drug-likeness (QED) is 0.528. The zero-order valence-electron chi connectivity index (χ0n) is 18.1. The highest BCUT2D eigenvalue weighted by molar-refractivity contribution is 5.88. The molecule has 0 unspecified atom stereocenters. The number of H-pyrrole nitrogens is 1. The molecular weight excluding hydrogens is 424 g/mol. The van der Waals surface area contributed by atoms with E-state index in [9.17, 15) is 13.6 Å². The topological polar surface area (TPSA) is 120 Å². The molecule has 4 rings (SSSR count). The first-order valence-corrected chi connectivity index (χ1v) is 10.3. The molecule has 1 aliphatic carbocycles. The average Bonchev–Trinajstić information content (AvgIpc) is 3.38. The van der Waals surface area contributed by atoms with Crippen molar-refractivity contribution < 1.29 is 23.0 Å². The smallest absolute Gasteiger partial charge is 0.338 e. The summed E-state index contributed by atoms with van der Waals surface area (Å²) in [5.41, 5.74) is 0.194. The van der Waals surface area contributed by atoms with E-state index in [4.69, 9.17) is 9.47 Å². The van der Waals surface area contributed by atoms with Gasteiger partial charge in [0, 0.05) is 24.8 Å². The standard InChI is InChI=1S/C20H25F2N7O3/c1-11-8-15(28-27-11)24-17-13-9-23-29(10-14(21)22)18(13)26-16(25-17)12-4-6-20(32-3,7-5-12)19(30)31-2/h8-9,12,14H,4-7,10H2,1-3H3,(H2,24,25,26,27,28). The van der Waals surface area contributed by atoms with Crippen LogP contribution in [0.1, 0.15) is 43.1 Å². The molecule has 0 radical (unpaired) electrons. The van der Waals surface area contributed by atoms with Gasteiger partial charge in [0.05, 0.1) is 18.7 Å². The molecule has 0 aliphatic heterocycles. The van der Waals surface area contributed by atoms with Crippen LogP contribution in [0.2, 0.25) is 0 Å². The van der Waals surface area contributed by atoms with Crippen molar-refractivity contribution in [2.75, 3.05) is 19.5 Å². The summed E-state index contributed by atoms with van der Waals surface area (Å²) in [6.07, 6.45) is 0.951. The van der Waals surface area contributed by atoms with Gasteiger partial charge in [0.15, 0.2) is 17.1 Å². The number of aryl methyl sites for hydroxylation is 1. The lowest BCUT2D eigenvalue weighted by Gasteiger charge is -2.36. The summed E-state index contributed by atoms with van der Waals surface area (Å²) < 4.78 is 37.7. The van der Waals surface area contributed by atoms with E-state index >= 15 is 0 Å². The molecule has 1 aliphatic rings. The van der Waals surface area contributed by atoms with Crippen LogP contribution in [0, 0.1) is 6.92 Å². The fourth-order valence-electron chi connectivity index (χ4n) is 4.14. The summed E-state index contributed by atoms with van der Waals surface area (Å²) in [6.45, 7) is 1.30.